The van der Waals surface area contributed by atoms with Crippen LogP contribution in [-0.4, -0.2) is 14.2 Å². The third kappa shape index (κ3) is 68.8. The third-order valence-corrected chi connectivity index (χ3v) is 8.53. The summed E-state index contributed by atoms with van der Waals surface area (Å²) >= 11 is 0. The van der Waals surface area contributed by atoms with Gasteiger partial charge >= 0.3 is 0 Å². The Kier molecular flexibility index (Phi) is 59.0. The summed E-state index contributed by atoms with van der Waals surface area (Å²) in [5.74, 6) is 0.833. The molecular weight excluding hydrogens is 809 g/mol. The Morgan fingerprint density at radius 1 is 0.373 bits per heavy atom. The molecule has 0 saturated heterocycles. The number of hydrogen-bond donors (Lipinski definition) is 0. The van der Waals surface area contributed by atoms with Gasteiger partial charge in [0.1, 0.15) is 0 Å². The van der Waals surface area contributed by atoms with E-state index in [0.29, 0.717) is 5.41 Å². The fourth-order valence-corrected chi connectivity index (χ4v) is 4.96. The lowest BCUT2D eigenvalue weighted by Crippen LogP contribution is -1.93. The first-order valence-electron chi connectivity index (χ1n) is 25.9. The molecule has 0 radical (unpaired) electrons. The van der Waals surface area contributed by atoms with Gasteiger partial charge in [-0.3, -0.25) is 0 Å². The first kappa shape index (κ1) is 74.6. The van der Waals surface area contributed by atoms with Crippen LogP contribution in [0, 0.1) is 87.5 Å². The average Bonchev–Trinajstić information content (AvgIpc) is 3.24. The van der Waals surface area contributed by atoms with E-state index in [1.165, 1.54) is 113 Å². The Morgan fingerprint density at radius 3 is 0.806 bits per heavy atom. The Balaban J connectivity index is -0.000000156. The first-order chi connectivity index (χ1) is 31.4. The molecule has 0 spiro atoms. The van der Waals surface area contributed by atoms with Gasteiger partial charge in [0.2, 0.25) is 0 Å². The molecule has 0 unspecified atom stereocenters. The Hall–Kier alpha value is -3.94. The van der Waals surface area contributed by atoms with Gasteiger partial charge in [-0.25, -0.2) is 0 Å². The van der Waals surface area contributed by atoms with Crippen LogP contribution in [0.1, 0.15) is 203 Å². The normalized spacial score (nSPS) is 9.12. The van der Waals surface area contributed by atoms with Crippen molar-refractivity contribution < 1.29 is 4.74 Å². The molecule has 0 bridgehead atoms. The monoisotopic (exact) mass is 923 g/mol. The maximum absolute atomic E-state index is 4.25. The van der Waals surface area contributed by atoms with Gasteiger partial charge in [-0.05, 0) is 115 Å². The van der Waals surface area contributed by atoms with Crippen LogP contribution in [0.15, 0.2) is 115 Å². The minimum absolute atomic E-state index is 0.500. The van der Waals surface area contributed by atoms with Crippen molar-refractivity contribution in [2.75, 3.05) is 14.2 Å². The Labute approximate surface area is 422 Å². The predicted octanol–water partition coefficient (Wildman–Crippen LogP) is 22.0. The van der Waals surface area contributed by atoms with Crippen LogP contribution in [0.3, 0.4) is 0 Å². The highest BCUT2D eigenvalue weighted by Crippen LogP contribution is 2.11. The quantitative estimate of drug-likeness (QED) is 0.154. The van der Waals surface area contributed by atoms with E-state index in [-0.39, 0.29) is 0 Å². The van der Waals surface area contributed by atoms with E-state index in [4.69, 9.17) is 0 Å². The van der Waals surface area contributed by atoms with E-state index in [2.05, 4.69) is 254 Å². The van der Waals surface area contributed by atoms with E-state index in [9.17, 15) is 0 Å². The maximum Gasteiger partial charge on any atom is 0.0351 e. The first-order valence-corrected chi connectivity index (χ1v) is 25.9. The summed E-state index contributed by atoms with van der Waals surface area (Å²) in [6, 6.07) is 40.0. The second-order valence-corrected chi connectivity index (χ2v) is 19.7. The summed E-state index contributed by atoms with van der Waals surface area (Å²) < 4.78 is 4.25. The van der Waals surface area contributed by atoms with Crippen molar-refractivity contribution in [2.45, 2.75) is 218 Å². The van der Waals surface area contributed by atoms with Crippen molar-refractivity contribution in [3.05, 3.63) is 176 Å². The lowest BCUT2D eigenvalue weighted by molar-refractivity contribution is 0.277. The Morgan fingerprint density at radius 2 is 0.597 bits per heavy atom. The number of unbranched alkanes of at least 4 members (excludes halogenated alkanes) is 6. The molecular formula is C66H114O. The van der Waals surface area contributed by atoms with Crippen LogP contribution in [0.4, 0.5) is 0 Å². The van der Waals surface area contributed by atoms with Gasteiger partial charge in [-0.2, -0.15) is 0 Å². The molecule has 0 aliphatic carbocycles. The van der Waals surface area contributed by atoms with Crippen LogP contribution in [-0.2, 0) is 4.74 Å². The van der Waals surface area contributed by atoms with Crippen molar-refractivity contribution >= 4 is 0 Å². The van der Waals surface area contributed by atoms with E-state index < -0.39 is 0 Å². The second-order valence-electron chi connectivity index (χ2n) is 19.7. The second kappa shape index (κ2) is 53.0. The van der Waals surface area contributed by atoms with Crippen molar-refractivity contribution in [3.8, 4) is 0 Å². The van der Waals surface area contributed by atoms with E-state index in [1.807, 2.05) is 32.0 Å². The fraction of sp³-hybridized carbons (Fsp3) is 0.545. The van der Waals surface area contributed by atoms with Gasteiger partial charge in [0.15, 0.2) is 0 Å². The molecule has 0 aromatic heterocycles. The zero-order valence-corrected chi connectivity index (χ0v) is 49.6. The number of benzene rings is 5. The minimum Gasteiger partial charge on any atom is -0.388 e. The fourth-order valence-electron chi connectivity index (χ4n) is 4.96. The molecule has 5 rings (SSSR count). The standard InChI is InChI=1S/2C9H12.C9H20.2C8H10.C7H8.C5H12.C4H10.C3H8.C2H6O.C2H6/c1-7-4-8(2)6-9(3)5-7;1-7-5-4-6-8(2)9(7)3;1-3-5-7-9-8-6-4-2;1-7-3-5-8(2)6-4-7;1-7-5-3-4-6-8(7)2;1-7-5-3-2-4-6-7;1-5(2,3)4;1-4(2)3;2*1-3-2;1-2/h2*4-6H,1-3H3;3-9H2,1-2H3;2*3-6H,1-2H3;2-6H,1H3;1-4H3;4H,1-3H3;3H2,1-2H3;1-2H3;1-2H3. The highest BCUT2D eigenvalue weighted by Gasteiger charge is 1.95. The zero-order valence-electron chi connectivity index (χ0n) is 49.6. The van der Waals surface area contributed by atoms with E-state index >= 15 is 0 Å². The Bertz CT molecular complexity index is 1570. The number of rotatable bonds is 6. The highest BCUT2D eigenvalue weighted by atomic mass is 16.4. The molecule has 0 atom stereocenters. The molecule has 0 aliphatic rings. The van der Waals surface area contributed by atoms with Crippen molar-refractivity contribution in [3.63, 3.8) is 0 Å². The highest BCUT2D eigenvalue weighted by molar-refractivity contribution is 5.31. The largest absolute Gasteiger partial charge is 0.388 e. The summed E-state index contributed by atoms with van der Waals surface area (Å²) in [7, 11) is 3.25. The maximum atomic E-state index is 4.25. The van der Waals surface area contributed by atoms with Crippen molar-refractivity contribution in [1.29, 1.82) is 0 Å². The molecule has 0 amide bonds. The molecule has 0 aliphatic heterocycles. The van der Waals surface area contributed by atoms with Gasteiger partial charge in [0, 0.05) is 14.2 Å². The minimum atomic E-state index is 0.500. The van der Waals surface area contributed by atoms with Gasteiger partial charge in [-0.15, -0.1) is 0 Å². The average molecular weight is 924 g/mol. The van der Waals surface area contributed by atoms with Gasteiger partial charge in [-0.1, -0.05) is 290 Å². The molecule has 1 nitrogen and oxygen atoms in total. The molecule has 0 fully saturated rings. The molecule has 67 heavy (non-hydrogen) atoms. The van der Waals surface area contributed by atoms with Gasteiger partial charge < -0.3 is 4.74 Å². The summed E-state index contributed by atoms with van der Waals surface area (Å²) in [5.41, 5.74) is 15.5. The summed E-state index contributed by atoms with van der Waals surface area (Å²) in [5, 5.41) is 0. The van der Waals surface area contributed by atoms with Crippen LogP contribution >= 0.6 is 0 Å². The van der Waals surface area contributed by atoms with Crippen molar-refractivity contribution in [2.24, 2.45) is 11.3 Å². The predicted molar refractivity (Wildman–Crippen MR) is 314 cm³/mol. The topological polar surface area (TPSA) is 9.23 Å². The van der Waals surface area contributed by atoms with E-state index in [0.717, 1.165) is 5.92 Å². The smallest absolute Gasteiger partial charge is 0.0351 e. The molecule has 5 aromatic rings. The van der Waals surface area contributed by atoms with Gasteiger partial charge in [0.25, 0.3) is 0 Å². The molecule has 384 valence electrons. The molecule has 0 saturated carbocycles. The molecule has 0 heterocycles. The third-order valence-electron chi connectivity index (χ3n) is 8.53. The zero-order chi connectivity index (χ0) is 53.2. The van der Waals surface area contributed by atoms with Crippen LogP contribution in [0.2, 0.25) is 0 Å². The summed E-state index contributed by atoms with van der Waals surface area (Å²) in [6.07, 6.45) is 11.2. The molecule has 5 aromatic carbocycles. The summed E-state index contributed by atoms with van der Waals surface area (Å²) in [4.78, 5) is 0. The van der Waals surface area contributed by atoms with Crippen molar-refractivity contribution in [1.82, 2.24) is 0 Å². The lowest BCUT2D eigenvalue weighted by Gasteiger charge is -2.05. The van der Waals surface area contributed by atoms with Crippen LogP contribution in [0.5, 0.6) is 0 Å². The number of hydrogen-bond acceptors (Lipinski definition) is 1. The van der Waals surface area contributed by atoms with Crippen LogP contribution in [0.25, 0.3) is 0 Å². The lowest BCUT2D eigenvalue weighted by atomic mass is 10.0. The molecule has 1 heteroatoms. The van der Waals surface area contributed by atoms with Gasteiger partial charge in [0.05, 0.1) is 0 Å². The SMILES string of the molecule is CC.CC(C)(C)C.CC(C)C.CCC.CCCCCCCCC.COC.Cc1cc(C)cc(C)c1.Cc1ccc(C)cc1.Cc1cccc(C)c1C.Cc1ccccc1.Cc1ccccc1C. The molecule has 0 N–H and O–H groups in total. The summed E-state index contributed by atoms with van der Waals surface area (Å²) in [6.45, 7) is 51.4. The number of ether oxygens (including phenoxy) is 1. The van der Waals surface area contributed by atoms with Crippen LogP contribution < -0.4 is 0 Å². The van der Waals surface area contributed by atoms with E-state index in [1.54, 1.807) is 14.2 Å². The number of aryl methyl sites for hydroxylation is 10. The number of methoxy groups -OCH3 is 1.